The molecular formula is C11H25N3S2. The van der Waals surface area contributed by atoms with Crippen LogP contribution >= 0.6 is 24.8 Å². The summed E-state index contributed by atoms with van der Waals surface area (Å²) in [4.78, 5) is 0. The molecule has 4 N–H and O–H groups in total. The summed E-state index contributed by atoms with van der Waals surface area (Å²) in [5, 5.41) is 6.57. The maximum absolute atomic E-state index is 4.71. The van der Waals surface area contributed by atoms with Crippen LogP contribution in [0.3, 0.4) is 0 Å². The van der Waals surface area contributed by atoms with Gasteiger partial charge in [0.15, 0.2) is 0 Å². The third-order valence-electron chi connectivity index (χ3n) is 2.41. The number of hydrogen-bond acceptors (Lipinski definition) is 3. The van der Waals surface area contributed by atoms with Gasteiger partial charge < -0.3 is 16.4 Å². The highest BCUT2D eigenvalue weighted by atomic mass is 32.1. The van der Waals surface area contributed by atoms with Crippen molar-refractivity contribution in [2.75, 3.05) is 26.2 Å². The Balaban J connectivity index is 0.000000217. The third-order valence-corrected chi connectivity index (χ3v) is 2.41. The lowest BCUT2D eigenvalue weighted by Crippen LogP contribution is -2.21. The van der Waals surface area contributed by atoms with Crippen LogP contribution < -0.4 is 16.4 Å². The smallest absolute Gasteiger partial charge is 0.128 e. The standard InChI is InChI=1S/2C5H11N.CH3NS2/c2*1-2-4-6-5-3-1;2-1(3)4/h2*6H,1-5H2;(H3,2,3,4). The highest BCUT2D eigenvalue weighted by molar-refractivity contribution is 8.10. The minimum atomic E-state index is 0.194. The fourth-order valence-corrected chi connectivity index (χ4v) is 1.60. The minimum absolute atomic E-state index is 0.194. The van der Waals surface area contributed by atoms with E-state index in [-0.39, 0.29) is 4.32 Å². The van der Waals surface area contributed by atoms with Crippen molar-refractivity contribution in [1.82, 2.24) is 10.6 Å². The first-order chi connectivity index (χ1) is 7.73. The van der Waals surface area contributed by atoms with Crippen LogP contribution in [0.1, 0.15) is 38.5 Å². The molecule has 0 spiro atoms. The fraction of sp³-hybridized carbons (Fsp3) is 0.909. The van der Waals surface area contributed by atoms with Gasteiger partial charge in [-0.2, -0.15) is 0 Å². The summed E-state index contributed by atoms with van der Waals surface area (Å²) in [6, 6.07) is 0. The Morgan fingerprint density at radius 1 is 0.812 bits per heavy atom. The summed E-state index contributed by atoms with van der Waals surface area (Å²) in [5.74, 6) is 0. The Morgan fingerprint density at radius 3 is 1.12 bits per heavy atom. The van der Waals surface area contributed by atoms with E-state index in [1.54, 1.807) is 0 Å². The van der Waals surface area contributed by atoms with Crippen LogP contribution in [0.2, 0.25) is 0 Å². The quantitative estimate of drug-likeness (QED) is 0.397. The molecule has 2 heterocycles. The summed E-state index contributed by atoms with van der Waals surface area (Å²) in [6.07, 6.45) is 8.43. The van der Waals surface area contributed by atoms with Crippen molar-refractivity contribution in [2.24, 2.45) is 5.73 Å². The molecule has 0 aromatic rings. The summed E-state index contributed by atoms with van der Waals surface area (Å²) in [5.41, 5.74) is 4.71. The maximum Gasteiger partial charge on any atom is 0.128 e. The number of nitrogens with one attached hydrogen (secondary N) is 2. The molecule has 0 aromatic carbocycles. The summed E-state index contributed by atoms with van der Waals surface area (Å²) >= 11 is 7.65. The van der Waals surface area contributed by atoms with Crippen LogP contribution in [-0.2, 0) is 0 Å². The van der Waals surface area contributed by atoms with Crippen LogP contribution in [-0.4, -0.2) is 30.5 Å². The van der Waals surface area contributed by atoms with Crippen LogP contribution in [0, 0.1) is 0 Å². The van der Waals surface area contributed by atoms with Gasteiger partial charge in [0.25, 0.3) is 0 Å². The zero-order chi connectivity index (χ0) is 12.1. The van der Waals surface area contributed by atoms with E-state index in [9.17, 15) is 0 Å². The lowest BCUT2D eigenvalue weighted by molar-refractivity contribution is 0.520. The van der Waals surface area contributed by atoms with Gasteiger partial charge in [0.2, 0.25) is 0 Å². The predicted molar refractivity (Wildman–Crippen MR) is 79.2 cm³/mol. The van der Waals surface area contributed by atoms with E-state index in [0.29, 0.717) is 0 Å². The number of thiol groups is 1. The van der Waals surface area contributed by atoms with Gasteiger partial charge in [-0.05, 0) is 51.9 Å². The molecule has 0 amide bonds. The number of hydrogen-bond donors (Lipinski definition) is 4. The van der Waals surface area contributed by atoms with Crippen molar-refractivity contribution < 1.29 is 0 Å². The van der Waals surface area contributed by atoms with Gasteiger partial charge in [0.05, 0.1) is 0 Å². The molecule has 2 aliphatic heterocycles. The fourth-order valence-electron chi connectivity index (χ4n) is 1.60. The van der Waals surface area contributed by atoms with Gasteiger partial charge in [-0.1, -0.05) is 25.1 Å². The number of piperidine rings is 2. The lowest BCUT2D eigenvalue weighted by Gasteiger charge is -2.08. The van der Waals surface area contributed by atoms with Crippen molar-refractivity contribution in [3.05, 3.63) is 0 Å². The zero-order valence-corrected chi connectivity index (χ0v) is 11.7. The molecule has 0 radical (unpaired) electrons. The second kappa shape index (κ2) is 13.2. The summed E-state index contributed by atoms with van der Waals surface area (Å²) in [7, 11) is 0. The molecule has 16 heavy (non-hydrogen) atoms. The normalized spacial score (nSPS) is 19.6. The van der Waals surface area contributed by atoms with E-state index in [2.05, 4.69) is 35.5 Å². The molecule has 2 rings (SSSR count). The van der Waals surface area contributed by atoms with Crippen LogP contribution in [0.15, 0.2) is 0 Å². The molecule has 0 atom stereocenters. The molecule has 0 saturated carbocycles. The monoisotopic (exact) mass is 263 g/mol. The second-order valence-electron chi connectivity index (χ2n) is 3.96. The average Bonchev–Trinajstić information content (AvgIpc) is 2.34. The van der Waals surface area contributed by atoms with Crippen molar-refractivity contribution in [1.29, 1.82) is 0 Å². The van der Waals surface area contributed by atoms with E-state index in [0.717, 1.165) is 0 Å². The highest BCUT2D eigenvalue weighted by Crippen LogP contribution is 1.97. The molecule has 5 heteroatoms. The number of thiocarbonyl (C=S) groups is 1. The third kappa shape index (κ3) is 16.6. The SMILES string of the molecule is C1CCNCC1.C1CCNCC1.NC(=S)S. The molecule has 3 nitrogen and oxygen atoms in total. The topological polar surface area (TPSA) is 50.1 Å². The van der Waals surface area contributed by atoms with Gasteiger partial charge in [-0.15, -0.1) is 12.6 Å². The Labute approximate surface area is 110 Å². The van der Waals surface area contributed by atoms with Gasteiger partial charge in [-0.3, -0.25) is 0 Å². The Morgan fingerprint density at radius 2 is 1.06 bits per heavy atom. The van der Waals surface area contributed by atoms with Crippen molar-refractivity contribution in [2.45, 2.75) is 38.5 Å². The van der Waals surface area contributed by atoms with Gasteiger partial charge in [0, 0.05) is 0 Å². The van der Waals surface area contributed by atoms with Crippen LogP contribution in [0.25, 0.3) is 0 Å². The van der Waals surface area contributed by atoms with Crippen molar-refractivity contribution >= 4 is 29.2 Å². The number of nitrogens with two attached hydrogens (primary N) is 1. The molecule has 96 valence electrons. The highest BCUT2D eigenvalue weighted by Gasteiger charge is 1.94. The van der Waals surface area contributed by atoms with E-state index in [1.807, 2.05) is 0 Å². The predicted octanol–water partition coefficient (Wildman–Crippen LogP) is 1.68. The largest absolute Gasteiger partial charge is 0.385 e. The molecular weight excluding hydrogens is 238 g/mol. The van der Waals surface area contributed by atoms with Crippen LogP contribution in [0.5, 0.6) is 0 Å². The Bertz CT molecular complexity index is 118. The second-order valence-corrected chi connectivity index (χ2v) is 5.18. The summed E-state index contributed by atoms with van der Waals surface area (Å²) in [6.45, 7) is 5.00. The van der Waals surface area contributed by atoms with E-state index in [1.165, 1.54) is 64.7 Å². The molecule has 0 aromatic heterocycles. The van der Waals surface area contributed by atoms with Crippen LogP contribution in [0.4, 0.5) is 0 Å². The average molecular weight is 263 g/mol. The first-order valence-corrected chi connectivity index (χ1v) is 6.99. The molecule has 2 saturated heterocycles. The first-order valence-electron chi connectivity index (χ1n) is 6.13. The minimum Gasteiger partial charge on any atom is -0.385 e. The van der Waals surface area contributed by atoms with Crippen molar-refractivity contribution in [3.63, 3.8) is 0 Å². The number of rotatable bonds is 0. The molecule has 0 unspecified atom stereocenters. The molecule has 0 aliphatic carbocycles. The molecule has 0 bridgehead atoms. The Kier molecular flexibility index (Phi) is 13.4. The summed E-state index contributed by atoms with van der Waals surface area (Å²) < 4.78 is 0.194. The molecule has 2 aliphatic rings. The van der Waals surface area contributed by atoms with E-state index >= 15 is 0 Å². The van der Waals surface area contributed by atoms with E-state index in [4.69, 9.17) is 5.73 Å². The first kappa shape index (κ1) is 16.2. The maximum atomic E-state index is 4.71. The van der Waals surface area contributed by atoms with Gasteiger partial charge in [0.1, 0.15) is 4.32 Å². The van der Waals surface area contributed by atoms with Gasteiger partial charge >= 0.3 is 0 Å². The zero-order valence-electron chi connectivity index (χ0n) is 10.0. The van der Waals surface area contributed by atoms with E-state index < -0.39 is 0 Å². The lowest BCUT2D eigenvalue weighted by atomic mass is 10.2. The van der Waals surface area contributed by atoms with Crippen molar-refractivity contribution in [3.8, 4) is 0 Å². The molecule has 2 fully saturated rings. The Hall–Kier alpha value is 0.160. The van der Waals surface area contributed by atoms with Gasteiger partial charge in [-0.25, -0.2) is 0 Å².